The van der Waals surface area contributed by atoms with Crippen LogP contribution in [0.25, 0.3) is 0 Å². The number of aliphatic hydroxyl groups excluding tert-OH is 2. The highest BCUT2D eigenvalue weighted by Crippen LogP contribution is 2.34. The fourth-order valence-electron chi connectivity index (χ4n) is 3.14. The minimum Gasteiger partial charge on any atom is -0.511 e. The SMILES string of the molecule is CCC/C(O)=C1\C(=O)CC(c2ccccc2)CC1=NC(CC)CO. The molecule has 1 aromatic rings. The van der Waals surface area contributed by atoms with Gasteiger partial charge in [-0.15, -0.1) is 0 Å². The fourth-order valence-corrected chi connectivity index (χ4v) is 3.14. The second-order valence-corrected chi connectivity index (χ2v) is 6.33. The third-order valence-corrected chi connectivity index (χ3v) is 4.51. The average Bonchev–Trinajstić information content (AvgIpc) is 2.60. The predicted molar refractivity (Wildman–Crippen MR) is 96.6 cm³/mol. The Morgan fingerprint density at radius 2 is 1.96 bits per heavy atom. The van der Waals surface area contributed by atoms with E-state index in [4.69, 9.17) is 0 Å². The zero-order valence-electron chi connectivity index (χ0n) is 14.5. The normalized spacial score (nSPS) is 23.4. The lowest BCUT2D eigenvalue weighted by Crippen LogP contribution is -2.28. The Labute approximate surface area is 143 Å². The van der Waals surface area contributed by atoms with E-state index in [2.05, 4.69) is 4.99 Å². The van der Waals surface area contributed by atoms with Crippen molar-refractivity contribution < 1.29 is 15.0 Å². The highest BCUT2D eigenvalue weighted by molar-refractivity contribution is 6.24. The summed E-state index contributed by atoms with van der Waals surface area (Å²) >= 11 is 0. The molecule has 4 nitrogen and oxygen atoms in total. The van der Waals surface area contributed by atoms with Gasteiger partial charge in [0.05, 0.1) is 23.9 Å². The fraction of sp³-hybridized carbons (Fsp3) is 0.500. The number of allylic oxidation sites excluding steroid dienone is 2. The molecule has 0 spiro atoms. The van der Waals surface area contributed by atoms with Gasteiger partial charge in [-0.05, 0) is 30.7 Å². The number of ketones is 1. The summed E-state index contributed by atoms with van der Waals surface area (Å²) < 4.78 is 0. The van der Waals surface area contributed by atoms with Crippen molar-refractivity contribution in [1.82, 2.24) is 0 Å². The van der Waals surface area contributed by atoms with E-state index in [1.807, 2.05) is 44.2 Å². The highest BCUT2D eigenvalue weighted by Gasteiger charge is 2.32. The van der Waals surface area contributed by atoms with Gasteiger partial charge in [0.1, 0.15) is 5.76 Å². The summed E-state index contributed by atoms with van der Waals surface area (Å²) in [5, 5.41) is 19.8. The standard InChI is InChI=1S/C20H27NO3/c1-3-8-18(23)20-17(21-16(4-2)13-22)11-15(12-19(20)24)14-9-6-5-7-10-14/h5-7,9-10,15-16,22-23H,3-4,8,11-13H2,1-2H3/b20-18+,21-17?. The minimum absolute atomic E-state index is 0.0485. The van der Waals surface area contributed by atoms with Gasteiger partial charge < -0.3 is 10.2 Å². The molecular weight excluding hydrogens is 302 g/mol. The largest absolute Gasteiger partial charge is 0.511 e. The first-order valence-corrected chi connectivity index (χ1v) is 8.78. The van der Waals surface area contributed by atoms with Crippen LogP contribution < -0.4 is 0 Å². The van der Waals surface area contributed by atoms with Gasteiger partial charge in [-0.25, -0.2) is 0 Å². The summed E-state index contributed by atoms with van der Waals surface area (Å²) in [7, 11) is 0. The third-order valence-electron chi connectivity index (χ3n) is 4.51. The topological polar surface area (TPSA) is 69.9 Å². The van der Waals surface area contributed by atoms with Gasteiger partial charge in [-0.1, -0.05) is 44.2 Å². The number of Topliss-reactive ketones (excluding diaryl/α,β-unsaturated/α-hetero) is 1. The molecule has 0 heterocycles. The number of aliphatic hydroxyl groups is 2. The summed E-state index contributed by atoms with van der Waals surface area (Å²) in [6.07, 6.45) is 2.96. The Morgan fingerprint density at radius 1 is 1.25 bits per heavy atom. The van der Waals surface area contributed by atoms with Gasteiger partial charge in [-0.2, -0.15) is 0 Å². The van der Waals surface area contributed by atoms with Crippen molar-refractivity contribution in [3.8, 4) is 0 Å². The molecule has 1 aromatic carbocycles. The summed E-state index contributed by atoms with van der Waals surface area (Å²) in [5.74, 6) is 0.167. The smallest absolute Gasteiger partial charge is 0.168 e. The van der Waals surface area contributed by atoms with Gasteiger partial charge in [0.2, 0.25) is 0 Å². The van der Waals surface area contributed by atoms with E-state index in [0.717, 1.165) is 12.0 Å². The summed E-state index contributed by atoms with van der Waals surface area (Å²) in [6.45, 7) is 3.88. The first-order valence-electron chi connectivity index (χ1n) is 8.78. The summed E-state index contributed by atoms with van der Waals surface area (Å²) in [5.41, 5.74) is 2.15. The zero-order valence-corrected chi connectivity index (χ0v) is 14.5. The first kappa shape index (κ1) is 18.4. The molecule has 2 rings (SSSR count). The summed E-state index contributed by atoms with van der Waals surface area (Å²) in [4.78, 5) is 17.3. The van der Waals surface area contributed by atoms with Crippen LogP contribution in [0.15, 0.2) is 46.7 Å². The minimum atomic E-state index is -0.230. The molecule has 1 saturated carbocycles. The number of benzene rings is 1. The van der Waals surface area contributed by atoms with Crippen molar-refractivity contribution >= 4 is 11.5 Å². The Balaban J connectivity index is 2.40. The van der Waals surface area contributed by atoms with Crippen LogP contribution in [0.5, 0.6) is 0 Å². The van der Waals surface area contributed by atoms with E-state index in [1.165, 1.54) is 0 Å². The van der Waals surface area contributed by atoms with Crippen LogP contribution in [0, 0.1) is 0 Å². The van der Waals surface area contributed by atoms with Crippen molar-refractivity contribution in [2.24, 2.45) is 4.99 Å². The van der Waals surface area contributed by atoms with E-state index in [9.17, 15) is 15.0 Å². The summed E-state index contributed by atoms with van der Waals surface area (Å²) in [6, 6.07) is 9.73. The average molecular weight is 329 g/mol. The van der Waals surface area contributed by atoms with Gasteiger partial charge in [0, 0.05) is 12.8 Å². The van der Waals surface area contributed by atoms with Crippen molar-refractivity contribution in [2.45, 2.75) is 57.9 Å². The predicted octanol–water partition coefficient (Wildman–Crippen LogP) is 3.96. The van der Waals surface area contributed by atoms with E-state index < -0.39 is 0 Å². The zero-order chi connectivity index (χ0) is 17.5. The molecule has 1 fully saturated rings. The maximum absolute atomic E-state index is 12.7. The molecule has 2 atom stereocenters. The molecule has 0 aromatic heterocycles. The van der Waals surface area contributed by atoms with E-state index in [-0.39, 0.29) is 30.1 Å². The number of carbonyl (C=O) groups is 1. The monoisotopic (exact) mass is 329 g/mol. The van der Waals surface area contributed by atoms with Gasteiger partial charge in [0.25, 0.3) is 0 Å². The number of aliphatic imine (C=N–C) groups is 1. The second kappa shape index (κ2) is 8.78. The second-order valence-electron chi connectivity index (χ2n) is 6.33. The number of rotatable bonds is 6. The van der Waals surface area contributed by atoms with Gasteiger partial charge in [-0.3, -0.25) is 9.79 Å². The maximum atomic E-state index is 12.7. The molecule has 130 valence electrons. The van der Waals surface area contributed by atoms with Crippen LogP contribution in [0.2, 0.25) is 0 Å². The number of nitrogens with zero attached hydrogens (tertiary/aromatic N) is 1. The lowest BCUT2D eigenvalue weighted by molar-refractivity contribution is -0.116. The molecule has 2 unspecified atom stereocenters. The Kier molecular flexibility index (Phi) is 6.73. The van der Waals surface area contributed by atoms with Crippen LogP contribution in [0.1, 0.15) is 57.4 Å². The molecule has 0 bridgehead atoms. The van der Waals surface area contributed by atoms with Crippen LogP contribution in [0.4, 0.5) is 0 Å². The molecule has 24 heavy (non-hydrogen) atoms. The molecule has 2 N–H and O–H groups in total. The molecule has 1 aliphatic carbocycles. The first-order chi connectivity index (χ1) is 11.6. The number of carbonyl (C=O) groups excluding carboxylic acids is 1. The number of hydrogen-bond donors (Lipinski definition) is 2. The van der Waals surface area contributed by atoms with Crippen molar-refractivity contribution in [3.63, 3.8) is 0 Å². The van der Waals surface area contributed by atoms with E-state index in [0.29, 0.717) is 37.0 Å². The third kappa shape index (κ3) is 4.32. The Morgan fingerprint density at radius 3 is 2.54 bits per heavy atom. The van der Waals surface area contributed by atoms with Crippen LogP contribution in [-0.4, -0.2) is 34.4 Å². The number of hydrogen-bond acceptors (Lipinski definition) is 4. The molecular formula is C20H27NO3. The lowest BCUT2D eigenvalue weighted by Gasteiger charge is -2.27. The van der Waals surface area contributed by atoms with Crippen LogP contribution in [0.3, 0.4) is 0 Å². The van der Waals surface area contributed by atoms with Gasteiger partial charge >= 0.3 is 0 Å². The van der Waals surface area contributed by atoms with Crippen molar-refractivity contribution in [1.29, 1.82) is 0 Å². The molecule has 0 aliphatic heterocycles. The molecule has 0 saturated heterocycles. The van der Waals surface area contributed by atoms with Crippen molar-refractivity contribution in [2.75, 3.05) is 6.61 Å². The molecule has 4 heteroatoms. The Bertz CT molecular complexity index is 615. The van der Waals surface area contributed by atoms with E-state index >= 15 is 0 Å². The van der Waals surface area contributed by atoms with Crippen LogP contribution in [-0.2, 0) is 4.79 Å². The molecule has 0 amide bonds. The van der Waals surface area contributed by atoms with E-state index in [1.54, 1.807) is 0 Å². The van der Waals surface area contributed by atoms with Crippen LogP contribution >= 0.6 is 0 Å². The van der Waals surface area contributed by atoms with Crippen molar-refractivity contribution in [3.05, 3.63) is 47.2 Å². The molecule has 0 radical (unpaired) electrons. The maximum Gasteiger partial charge on any atom is 0.168 e. The lowest BCUT2D eigenvalue weighted by atomic mass is 9.78. The molecule has 1 aliphatic rings. The quantitative estimate of drug-likeness (QED) is 0.613. The van der Waals surface area contributed by atoms with Gasteiger partial charge in [0.15, 0.2) is 5.78 Å². The highest BCUT2D eigenvalue weighted by atomic mass is 16.3. The Hall–Kier alpha value is -1.94.